The first-order chi connectivity index (χ1) is 9.76. The van der Waals surface area contributed by atoms with Gasteiger partial charge in [0.25, 0.3) is 5.91 Å². The molecule has 3 aliphatic rings. The van der Waals surface area contributed by atoms with Gasteiger partial charge in [0.2, 0.25) is 0 Å². The molecule has 1 aromatic carbocycles. The standard InChI is InChI=1S/C15H17NO4/c1-18-13-11-8-9-12(14(13)19-2)20-16(11)15(17)10-6-4-3-5-7-10/h3-9,11-14H,1-2H3. The van der Waals surface area contributed by atoms with Gasteiger partial charge in [-0.15, -0.1) is 0 Å². The number of benzene rings is 1. The Labute approximate surface area is 117 Å². The monoisotopic (exact) mass is 275 g/mol. The Balaban J connectivity index is 1.87. The summed E-state index contributed by atoms with van der Waals surface area (Å²) in [6.07, 6.45) is 3.13. The van der Waals surface area contributed by atoms with Crippen molar-refractivity contribution < 1.29 is 19.1 Å². The van der Waals surface area contributed by atoms with Gasteiger partial charge in [-0.25, -0.2) is 5.06 Å². The number of carbonyl (C=O) groups excluding carboxylic acids is 1. The van der Waals surface area contributed by atoms with E-state index in [1.165, 1.54) is 5.06 Å². The molecule has 5 heteroatoms. The number of ether oxygens (including phenoxy) is 2. The molecule has 2 heterocycles. The van der Waals surface area contributed by atoms with Crippen LogP contribution in [-0.2, 0) is 14.3 Å². The SMILES string of the molecule is COC1C2C=CC(C1OC)N(C(=O)c1ccccc1)O2. The Morgan fingerprint density at radius 1 is 1.10 bits per heavy atom. The van der Waals surface area contributed by atoms with E-state index in [1.807, 2.05) is 30.4 Å². The molecule has 0 radical (unpaired) electrons. The molecule has 0 aromatic heterocycles. The quantitative estimate of drug-likeness (QED) is 0.783. The first-order valence-electron chi connectivity index (χ1n) is 6.55. The molecule has 1 amide bonds. The molecular weight excluding hydrogens is 258 g/mol. The van der Waals surface area contributed by atoms with Gasteiger partial charge >= 0.3 is 0 Å². The minimum absolute atomic E-state index is 0.165. The van der Waals surface area contributed by atoms with Crippen LogP contribution in [0.2, 0.25) is 0 Å². The van der Waals surface area contributed by atoms with Crippen LogP contribution in [-0.4, -0.2) is 49.5 Å². The minimum Gasteiger partial charge on any atom is -0.376 e. The highest BCUT2D eigenvalue weighted by molar-refractivity contribution is 5.94. The fraction of sp³-hybridized carbons (Fsp3) is 0.400. The van der Waals surface area contributed by atoms with Crippen LogP contribution in [0.1, 0.15) is 10.4 Å². The predicted octanol–water partition coefficient (Wildman–Crippen LogP) is 1.41. The van der Waals surface area contributed by atoms with E-state index in [2.05, 4.69) is 0 Å². The summed E-state index contributed by atoms with van der Waals surface area (Å²) in [6.45, 7) is 0. The van der Waals surface area contributed by atoms with Crippen LogP contribution in [0.4, 0.5) is 0 Å². The molecule has 1 aliphatic carbocycles. The number of hydrogen-bond donors (Lipinski definition) is 0. The van der Waals surface area contributed by atoms with Crippen LogP contribution in [0.3, 0.4) is 0 Å². The molecular formula is C15H17NO4. The third-order valence-corrected chi connectivity index (χ3v) is 3.75. The fourth-order valence-corrected chi connectivity index (χ4v) is 2.76. The minimum atomic E-state index is -0.303. The lowest BCUT2D eigenvalue weighted by Crippen LogP contribution is -2.64. The summed E-state index contributed by atoms with van der Waals surface area (Å²) in [4.78, 5) is 18.2. The molecule has 4 rings (SSSR count). The van der Waals surface area contributed by atoms with Crippen LogP contribution in [0.15, 0.2) is 42.5 Å². The Hall–Kier alpha value is -1.69. The molecule has 1 aromatic rings. The molecule has 106 valence electrons. The number of hydrogen-bond acceptors (Lipinski definition) is 4. The third-order valence-electron chi connectivity index (χ3n) is 3.75. The topological polar surface area (TPSA) is 48.0 Å². The van der Waals surface area contributed by atoms with Crippen molar-refractivity contribution in [3.63, 3.8) is 0 Å². The van der Waals surface area contributed by atoms with Gasteiger partial charge in [0.1, 0.15) is 24.4 Å². The number of amides is 1. The van der Waals surface area contributed by atoms with E-state index in [9.17, 15) is 4.79 Å². The van der Waals surface area contributed by atoms with E-state index >= 15 is 0 Å². The van der Waals surface area contributed by atoms with Crippen molar-refractivity contribution in [3.05, 3.63) is 48.0 Å². The van der Waals surface area contributed by atoms with Crippen LogP contribution >= 0.6 is 0 Å². The highest BCUT2D eigenvalue weighted by Gasteiger charge is 2.48. The zero-order valence-corrected chi connectivity index (χ0v) is 11.4. The molecule has 5 nitrogen and oxygen atoms in total. The molecule has 4 unspecified atom stereocenters. The van der Waals surface area contributed by atoms with E-state index in [1.54, 1.807) is 26.4 Å². The highest BCUT2D eigenvalue weighted by atomic mass is 16.7. The summed E-state index contributed by atoms with van der Waals surface area (Å²) >= 11 is 0. The summed E-state index contributed by atoms with van der Waals surface area (Å²) < 4.78 is 10.9. The number of rotatable bonds is 3. The normalized spacial score (nSPS) is 31.6. The number of nitrogens with zero attached hydrogens (tertiary/aromatic N) is 1. The van der Waals surface area contributed by atoms with Crippen molar-refractivity contribution in [1.29, 1.82) is 0 Å². The maximum Gasteiger partial charge on any atom is 0.278 e. The maximum atomic E-state index is 12.5. The summed E-state index contributed by atoms with van der Waals surface area (Å²) in [6, 6.07) is 8.80. The zero-order chi connectivity index (χ0) is 14.1. The van der Waals surface area contributed by atoms with Crippen LogP contribution in [0.25, 0.3) is 0 Å². The first kappa shape index (κ1) is 13.3. The second-order valence-corrected chi connectivity index (χ2v) is 4.84. The lowest BCUT2D eigenvalue weighted by Gasteiger charge is -2.48. The summed E-state index contributed by atoms with van der Waals surface area (Å²) in [5.74, 6) is -0.165. The van der Waals surface area contributed by atoms with Gasteiger partial charge in [0.05, 0.1) is 0 Å². The van der Waals surface area contributed by atoms with Gasteiger partial charge in [-0.05, 0) is 12.1 Å². The van der Waals surface area contributed by atoms with E-state index < -0.39 is 0 Å². The predicted molar refractivity (Wildman–Crippen MR) is 72.0 cm³/mol. The van der Waals surface area contributed by atoms with Gasteiger partial charge in [0, 0.05) is 19.8 Å². The van der Waals surface area contributed by atoms with Crippen molar-refractivity contribution in [1.82, 2.24) is 5.06 Å². The van der Waals surface area contributed by atoms with Crippen molar-refractivity contribution >= 4 is 5.91 Å². The van der Waals surface area contributed by atoms with Crippen LogP contribution < -0.4 is 0 Å². The Morgan fingerprint density at radius 3 is 2.45 bits per heavy atom. The Kier molecular flexibility index (Phi) is 3.56. The van der Waals surface area contributed by atoms with E-state index in [4.69, 9.17) is 14.3 Å². The van der Waals surface area contributed by atoms with Crippen molar-refractivity contribution in [3.8, 4) is 0 Å². The lowest BCUT2D eigenvalue weighted by atomic mass is 9.91. The molecule has 0 spiro atoms. The average Bonchev–Trinajstić information content (AvgIpc) is 2.54. The fourth-order valence-electron chi connectivity index (χ4n) is 2.76. The van der Waals surface area contributed by atoms with Crippen LogP contribution in [0, 0.1) is 0 Å². The molecule has 1 saturated heterocycles. The lowest BCUT2D eigenvalue weighted by molar-refractivity contribution is -0.274. The highest BCUT2D eigenvalue weighted by Crippen LogP contribution is 2.32. The van der Waals surface area contributed by atoms with Gasteiger partial charge in [-0.2, -0.15) is 0 Å². The molecule has 2 bridgehead atoms. The van der Waals surface area contributed by atoms with Crippen molar-refractivity contribution in [2.75, 3.05) is 14.2 Å². The second kappa shape index (κ2) is 5.36. The molecule has 2 aliphatic heterocycles. The first-order valence-corrected chi connectivity index (χ1v) is 6.55. The van der Waals surface area contributed by atoms with E-state index in [-0.39, 0.29) is 30.3 Å². The van der Waals surface area contributed by atoms with Crippen molar-refractivity contribution in [2.45, 2.75) is 24.4 Å². The van der Waals surface area contributed by atoms with E-state index in [0.717, 1.165) is 0 Å². The summed E-state index contributed by atoms with van der Waals surface area (Å²) in [7, 11) is 3.24. The average molecular weight is 275 g/mol. The van der Waals surface area contributed by atoms with Gasteiger partial charge in [0.15, 0.2) is 0 Å². The number of hydroxylamine groups is 2. The largest absolute Gasteiger partial charge is 0.376 e. The van der Waals surface area contributed by atoms with Crippen LogP contribution in [0.5, 0.6) is 0 Å². The number of carbonyl (C=O) groups is 1. The van der Waals surface area contributed by atoms with Crippen molar-refractivity contribution in [2.24, 2.45) is 0 Å². The summed E-state index contributed by atoms with van der Waals surface area (Å²) in [5.41, 5.74) is 0.595. The van der Waals surface area contributed by atoms with E-state index in [0.29, 0.717) is 5.56 Å². The van der Waals surface area contributed by atoms with Gasteiger partial charge in [-0.3, -0.25) is 9.63 Å². The zero-order valence-electron chi connectivity index (χ0n) is 11.4. The number of fused-ring (bicyclic) bond motifs is 2. The Bertz CT molecular complexity index is 516. The molecule has 0 saturated carbocycles. The molecule has 1 fully saturated rings. The van der Waals surface area contributed by atoms with Gasteiger partial charge in [-0.1, -0.05) is 30.4 Å². The molecule has 20 heavy (non-hydrogen) atoms. The maximum absolute atomic E-state index is 12.5. The Morgan fingerprint density at radius 2 is 1.80 bits per heavy atom. The molecule has 0 N–H and O–H groups in total. The summed E-state index contributed by atoms with van der Waals surface area (Å²) in [5, 5.41) is 1.39. The molecule has 4 atom stereocenters. The second-order valence-electron chi connectivity index (χ2n) is 4.84. The smallest absolute Gasteiger partial charge is 0.278 e. The third kappa shape index (κ3) is 2.04. The number of methoxy groups -OCH3 is 2. The van der Waals surface area contributed by atoms with Gasteiger partial charge < -0.3 is 9.47 Å².